The lowest BCUT2D eigenvalue weighted by Crippen LogP contribution is -2.23. The van der Waals surface area contributed by atoms with Crippen LogP contribution in [-0.2, 0) is 6.54 Å². The Hall–Kier alpha value is -1.62. The number of benzene rings is 1. The van der Waals surface area contributed by atoms with Crippen LogP contribution in [-0.4, -0.2) is 16.1 Å². The largest absolute Gasteiger partial charge is 0.347 e. The summed E-state index contributed by atoms with van der Waals surface area (Å²) in [6.07, 6.45) is 0. The van der Waals surface area contributed by atoms with Crippen molar-refractivity contribution in [2.24, 2.45) is 0 Å². The van der Waals surface area contributed by atoms with Crippen LogP contribution in [0.15, 0.2) is 34.8 Å². The van der Waals surface area contributed by atoms with Crippen LogP contribution in [0.4, 0.5) is 0 Å². The highest BCUT2D eigenvalue weighted by molar-refractivity contribution is 9.10. The number of hydrogen-bond donors (Lipinski definition) is 2. The highest BCUT2D eigenvalue weighted by Gasteiger charge is 2.11. The Labute approximate surface area is 120 Å². The first kappa shape index (κ1) is 13.8. The monoisotopic (exact) mass is 321 g/mol. The fourth-order valence-corrected chi connectivity index (χ4v) is 2.12. The lowest BCUT2D eigenvalue weighted by molar-refractivity contribution is 0.0946. The van der Waals surface area contributed by atoms with Gasteiger partial charge < -0.3 is 5.32 Å². The smallest absolute Gasteiger partial charge is 0.272 e. The predicted octanol–water partition coefficient (Wildman–Crippen LogP) is 3.23. The molecule has 0 aliphatic carbocycles. The van der Waals surface area contributed by atoms with Crippen molar-refractivity contribution in [2.45, 2.75) is 26.3 Å². The number of rotatable bonds is 4. The molecule has 1 aromatic carbocycles. The van der Waals surface area contributed by atoms with Crippen LogP contribution in [0.2, 0.25) is 0 Å². The molecule has 0 aliphatic rings. The zero-order valence-corrected chi connectivity index (χ0v) is 12.5. The van der Waals surface area contributed by atoms with E-state index in [0.29, 0.717) is 18.2 Å². The average molecular weight is 322 g/mol. The van der Waals surface area contributed by atoms with E-state index in [2.05, 4.69) is 45.3 Å². The van der Waals surface area contributed by atoms with Crippen LogP contribution in [0.3, 0.4) is 0 Å². The molecule has 1 aromatic heterocycles. The van der Waals surface area contributed by atoms with E-state index in [9.17, 15) is 4.79 Å². The van der Waals surface area contributed by atoms with Gasteiger partial charge in [-0.05, 0) is 29.7 Å². The van der Waals surface area contributed by atoms with Gasteiger partial charge in [-0.2, -0.15) is 5.10 Å². The highest BCUT2D eigenvalue weighted by Crippen LogP contribution is 2.13. The number of nitrogens with one attached hydrogen (secondary N) is 2. The van der Waals surface area contributed by atoms with Gasteiger partial charge in [-0.3, -0.25) is 9.89 Å². The molecule has 0 fully saturated rings. The number of hydrogen-bond acceptors (Lipinski definition) is 2. The first-order valence-electron chi connectivity index (χ1n) is 6.14. The second kappa shape index (κ2) is 6.02. The number of aromatic amines is 1. The Morgan fingerprint density at radius 1 is 1.42 bits per heavy atom. The van der Waals surface area contributed by atoms with E-state index >= 15 is 0 Å². The lowest BCUT2D eigenvalue weighted by atomic mass is 10.1. The Morgan fingerprint density at radius 3 is 2.84 bits per heavy atom. The van der Waals surface area contributed by atoms with Gasteiger partial charge in [0.15, 0.2) is 0 Å². The number of H-pyrrole nitrogens is 1. The minimum absolute atomic E-state index is 0.164. The van der Waals surface area contributed by atoms with E-state index in [-0.39, 0.29) is 5.91 Å². The van der Waals surface area contributed by atoms with Crippen molar-refractivity contribution in [3.8, 4) is 0 Å². The second-order valence-corrected chi connectivity index (χ2v) is 5.59. The molecule has 1 amide bonds. The number of halogens is 1. The van der Waals surface area contributed by atoms with E-state index in [1.807, 2.05) is 24.3 Å². The van der Waals surface area contributed by atoms with Crippen LogP contribution in [0.1, 0.15) is 41.5 Å². The predicted molar refractivity (Wildman–Crippen MR) is 78.0 cm³/mol. The topological polar surface area (TPSA) is 57.8 Å². The van der Waals surface area contributed by atoms with Crippen molar-refractivity contribution >= 4 is 21.8 Å². The Balaban J connectivity index is 1.97. The van der Waals surface area contributed by atoms with Crippen molar-refractivity contribution in [2.75, 3.05) is 0 Å². The van der Waals surface area contributed by atoms with Gasteiger partial charge in [0.2, 0.25) is 0 Å². The van der Waals surface area contributed by atoms with Gasteiger partial charge in [-0.25, -0.2) is 0 Å². The molecule has 0 saturated heterocycles. The Kier molecular flexibility index (Phi) is 4.37. The fourth-order valence-electron chi connectivity index (χ4n) is 1.67. The summed E-state index contributed by atoms with van der Waals surface area (Å²) in [4.78, 5) is 11.9. The maximum absolute atomic E-state index is 11.9. The highest BCUT2D eigenvalue weighted by atomic mass is 79.9. The molecule has 19 heavy (non-hydrogen) atoms. The van der Waals surface area contributed by atoms with Gasteiger partial charge in [0.1, 0.15) is 5.69 Å². The third kappa shape index (κ3) is 3.67. The Morgan fingerprint density at radius 2 is 2.21 bits per heavy atom. The summed E-state index contributed by atoms with van der Waals surface area (Å²) >= 11 is 3.40. The molecule has 5 heteroatoms. The summed E-state index contributed by atoms with van der Waals surface area (Å²) < 4.78 is 1.00. The molecule has 2 N–H and O–H groups in total. The van der Waals surface area contributed by atoms with Gasteiger partial charge in [0, 0.05) is 16.7 Å². The standard InChI is InChI=1S/C14H16BrN3O/c1-9(2)12-7-13(18-17-12)14(19)16-8-10-4-3-5-11(15)6-10/h3-7,9H,8H2,1-2H3,(H,16,19)(H,17,18). The molecule has 0 bridgehead atoms. The maximum Gasteiger partial charge on any atom is 0.272 e. The van der Waals surface area contributed by atoms with Crippen LogP contribution >= 0.6 is 15.9 Å². The molecular weight excluding hydrogens is 306 g/mol. The van der Waals surface area contributed by atoms with Crippen molar-refractivity contribution in [3.05, 3.63) is 51.8 Å². The Bertz CT molecular complexity index is 578. The molecule has 4 nitrogen and oxygen atoms in total. The van der Waals surface area contributed by atoms with Crippen molar-refractivity contribution < 1.29 is 4.79 Å². The van der Waals surface area contributed by atoms with E-state index in [0.717, 1.165) is 15.7 Å². The van der Waals surface area contributed by atoms with E-state index in [1.54, 1.807) is 6.07 Å². The molecule has 0 atom stereocenters. The number of carbonyl (C=O) groups excluding carboxylic acids is 1. The third-order valence-electron chi connectivity index (χ3n) is 2.79. The zero-order valence-electron chi connectivity index (χ0n) is 10.9. The summed E-state index contributed by atoms with van der Waals surface area (Å²) in [6.45, 7) is 4.59. The number of carbonyl (C=O) groups is 1. The van der Waals surface area contributed by atoms with Crippen molar-refractivity contribution in [3.63, 3.8) is 0 Å². The normalized spacial score (nSPS) is 10.7. The fraction of sp³-hybridized carbons (Fsp3) is 0.286. The molecule has 100 valence electrons. The summed E-state index contributed by atoms with van der Waals surface area (Å²) in [5.41, 5.74) is 2.44. The molecule has 0 spiro atoms. The summed E-state index contributed by atoms with van der Waals surface area (Å²) in [5, 5.41) is 9.75. The molecule has 0 radical (unpaired) electrons. The third-order valence-corrected chi connectivity index (χ3v) is 3.29. The summed E-state index contributed by atoms with van der Waals surface area (Å²) in [7, 11) is 0. The minimum atomic E-state index is -0.164. The molecule has 2 aromatic rings. The van der Waals surface area contributed by atoms with E-state index in [1.165, 1.54) is 0 Å². The number of nitrogens with zero attached hydrogens (tertiary/aromatic N) is 1. The molecule has 2 rings (SSSR count). The van der Waals surface area contributed by atoms with Gasteiger partial charge in [0.05, 0.1) is 0 Å². The SMILES string of the molecule is CC(C)c1cc(C(=O)NCc2cccc(Br)c2)n[nH]1. The van der Waals surface area contributed by atoms with Crippen LogP contribution in [0.25, 0.3) is 0 Å². The van der Waals surface area contributed by atoms with Crippen LogP contribution < -0.4 is 5.32 Å². The summed E-state index contributed by atoms with van der Waals surface area (Å²) in [6, 6.07) is 9.63. The quantitative estimate of drug-likeness (QED) is 0.908. The van der Waals surface area contributed by atoms with Crippen molar-refractivity contribution in [1.29, 1.82) is 0 Å². The maximum atomic E-state index is 11.9. The molecule has 0 aliphatic heterocycles. The summed E-state index contributed by atoms with van der Waals surface area (Å²) in [5.74, 6) is 0.169. The lowest BCUT2D eigenvalue weighted by Gasteiger charge is -2.03. The molecule has 0 unspecified atom stereocenters. The first-order valence-corrected chi connectivity index (χ1v) is 6.93. The first-order chi connectivity index (χ1) is 9.06. The van der Waals surface area contributed by atoms with Gasteiger partial charge in [-0.1, -0.05) is 41.9 Å². The van der Waals surface area contributed by atoms with E-state index < -0.39 is 0 Å². The van der Waals surface area contributed by atoms with Crippen LogP contribution in [0.5, 0.6) is 0 Å². The zero-order chi connectivity index (χ0) is 13.8. The minimum Gasteiger partial charge on any atom is -0.347 e. The van der Waals surface area contributed by atoms with E-state index in [4.69, 9.17) is 0 Å². The van der Waals surface area contributed by atoms with Gasteiger partial charge in [0.25, 0.3) is 5.91 Å². The van der Waals surface area contributed by atoms with Crippen molar-refractivity contribution in [1.82, 2.24) is 15.5 Å². The average Bonchev–Trinajstić information content (AvgIpc) is 2.86. The van der Waals surface area contributed by atoms with Gasteiger partial charge >= 0.3 is 0 Å². The van der Waals surface area contributed by atoms with Gasteiger partial charge in [-0.15, -0.1) is 0 Å². The molecular formula is C14H16BrN3O. The van der Waals surface area contributed by atoms with Crippen LogP contribution in [0, 0.1) is 0 Å². The number of amides is 1. The number of aromatic nitrogens is 2. The second-order valence-electron chi connectivity index (χ2n) is 4.68. The molecule has 1 heterocycles. The molecule has 0 saturated carbocycles.